The van der Waals surface area contributed by atoms with Gasteiger partial charge in [0, 0.05) is 0 Å². The highest BCUT2D eigenvalue weighted by atomic mass is 16.5. The van der Waals surface area contributed by atoms with Gasteiger partial charge in [0.05, 0.1) is 60.3 Å². The van der Waals surface area contributed by atoms with Gasteiger partial charge in [0.15, 0.2) is 23.0 Å². The highest BCUT2D eigenvalue weighted by Crippen LogP contribution is 2.42. The van der Waals surface area contributed by atoms with Crippen molar-refractivity contribution in [3.05, 3.63) is 71.3 Å². The van der Waals surface area contributed by atoms with Gasteiger partial charge >= 0.3 is 0 Å². The van der Waals surface area contributed by atoms with E-state index in [-0.39, 0.29) is 17.7 Å². The molecular weight excluding hydrogens is 490 g/mol. The molecule has 0 spiro atoms. The highest BCUT2D eigenvalue weighted by molar-refractivity contribution is 6.49. The molecule has 0 saturated heterocycles. The average molecular weight is 520 g/mol. The molecule has 1 heterocycles. The molecule has 0 aromatic heterocycles. The predicted molar refractivity (Wildman–Crippen MR) is 141 cm³/mol. The number of amides is 2. The summed E-state index contributed by atoms with van der Waals surface area (Å²) in [6.07, 6.45) is 0. The van der Waals surface area contributed by atoms with Crippen LogP contribution in [-0.2, 0) is 16.1 Å². The molecule has 3 aromatic carbocycles. The van der Waals surface area contributed by atoms with Crippen LogP contribution < -0.4 is 28.4 Å². The molecule has 0 N–H and O–H groups in total. The Bertz CT molecular complexity index is 1390. The molecule has 0 radical (unpaired) electrons. The van der Waals surface area contributed by atoms with Crippen molar-refractivity contribution in [2.24, 2.45) is 0 Å². The summed E-state index contributed by atoms with van der Waals surface area (Å²) in [5.41, 5.74) is 2.20. The van der Waals surface area contributed by atoms with Gasteiger partial charge in [-0.1, -0.05) is 18.2 Å². The summed E-state index contributed by atoms with van der Waals surface area (Å²) < 4.78 is 32.5. The number of benzene rings is 3. The smallest absolute Gasteiger partial charge is 0.262 e. The normalized spacial score (nSPS) is 13.1. The third kappa shape index (κ3) is 4.70. The summed E-state index contributed by atoms with van der Waals surface area (Å²) in [5, 5.41) is 0. The van der Waals surface area contributed by atoms with Gasteiger partial charge in [-0.15, -0.1) is 0 Å². The van der Waals surface area contributed by atoms with E-state index < -0.39 is 11.8 Å². The molecule has 0 saturated carbocycles. The summed E-state index contributed by atoms with van der Waals surface area (Å²) in [6.45, 7) is -0.0152. The van der Waals surface area contributed by atoms with Crippen LogP contribution in [-0.4, -0.2) is 59.4 Å². The van der Waals surface area contributed by atoms with Gasteiger partial charge in [0.25, 0.3) is 11.8 Å². The van der Waals surface area contributed by atoms with Crippen molar-refractivity contribution in [3.63, 3.8) is 0 Å². The fourth-order valence-corrected chi connectivity index (χ4v) is 4.43. The number of hydrogen-bond donors (Lipinski definition) is 0. The fraction of sp³-hybridized carbons (Fsp3) is 0.241. The lowest BCUT2D eigenvalue weighted by atomic mass is 9.96. The zero-order valence-corrected chi connectivity index (χ0v) is 22.1. The summed E-state index contributed by atoms with van der Waals surface area (Å²) in [4.78, 5) is 29.0. The van der Waals surface area contributed by atoms with Gasteiger partial charge < -0.3 is 28.4 Å². The molecule has 9 nitrogen and oxygen atoms in total. The van der Waals surface area contributed by atoms with Crippen LogP contribution in [0.4, 0.5) is 0 Å². The Hall–Kier alpha value is -4.66. The minimum absolute atomic E-state index is 0.0152. The van der Waals surface area contributed by atoms with Crippen molar-refractivity contribution < 1.29 is 38.0 Å². The largest absolute Gasteiger partial charge is 0.497 e. The maximum atomic E-state index is 13.9. The molecule has 1 aliphatic rings. The van der Waals surface area contributed by atoms with E-state index in [1.54, 1.807) is 61.7 Å². The van der Waals surface area contributed by atoms with Crippen molar-refractivity contribution >= 4 is 23.0 Å². The Balaban J connectivity index is 1.84. The van der Waals surface area contributed by atoms with Crippen LogP contribution in [0, 0.1) is 0 Å². The van der Waals surface area contributed by atoms with Gasteiger partial charge in [0.2, 0.25) is 5.75 Å². The van der Waals surface area contributed by atoms with E-state index in [9.17, 15) is 9.59 Å². The van der Waals surface area contributed by atoms with Crippen LogP contribution in [0.5, 0.6) is 34.5 Å². The first-order valence-corrected chi connectivity index (χ1v) is 11.7. The Morgan fingerprint density at radius 3 is 1.68 bits per heavy atom. The van der Waals surface area contributed by atoms with Crippen LogP contribution in [0.15, 0.2) is 54.6 Å². The zero-order chi connectivity index (χ0) is 27.4. The van der Waals surface area contributed by atoms with Crippen molar-refractivity contribution in [3.8, 4) is 34.5 Å². The second-order valence-electron chi connectivity index (χ2n) is 8.28. The van der Waals surface area contributed by atoms with Gasteiger partial charge in [-0.2, -0.15) is 0 Å². The SMILES string of the molecule is COc1cccc(C2=C(c3ccc(OC)c(OC)c3)C(=O)N(Cc3cc(OC)c(OC)c(OC)c3)C2=O)c1. The number of nitrogens with zero attached hydrogens (tertiary/aromatic N) is 1. The third-order valence-electron chi connectivity index (χ3n) is 6.26. The van der Waals surface area contributed by atoms with E-state index in [1.807, 2.05) is 0 Å². The molecule has 1 aliphatic heterocycles. The summed E-state index contributed by atoms with van der Waals surface area (Å²) in [6, 6.07) is 15.6. The number of hydrogen-bond acceptors (Lipinski definition) is 8. The number of rotatable bonds is 10. The van der Waals surface area contributed by atoms with Gasteiger partial charge in [-0.3, -0.25) is 14.5 Å². The van der Waals surface area contributed by atoms with Gasteiger partial charge in [0.1, 0.15) is 5.75 Å². The molecule has 9 heteroatoms. The van der Waals surface area contributed by atoms with E-state index in [0.717, 1.165) is 0 Å². The van der Waals surface area contributed by atoms with Crippen molar-refractivity contribution in [2.75, 3.05) is 42.7 Å². The summed E-state index contributed by atoms with van der Waals surface area (Å²) in [5.74, 6) is 1.86. The predicted octanol–water partition coefficient (Wildman–Crippen LogP) is 4.22. The molecule has 0 fully saturated rings. The van der Waals surface area contributed by atoms with Crippen LogP contribution in [0.2, 0.25) is 0 Å². The van der Waals surface area contributed by atoms with Gasteiger partial charge in [-0.05, 0) is 53.1 Å². The van der Waals surface area contributed by atoms with Crippen LogP contribution in [0.1, 0.15) is 16.7 Å². The van der Waals surface area contributed by atoms with E-state index in [1.165, 1.54) is 40.4 Å². The first-order valence-electron chi connectivity index (χ1n) is 11.7. The topological polar surface area (TPSA) is 92.8 Å². The molecule has 0 bridgehead atoms. The van der Waals surface area contributed by atoms with E-state index in [4.69, 9.17) is 28.4 Å². The van der Waals surface area contributed by atoms with Crippen LogP contribution >= 0.6 is 0 Å². The molecular formula is C29H29NO8. The number of methoxy groups -OCH3 is 6. The van der Waals surface area contributed by atoms with E-state index in [2.05, 4.69) is 0 Å². The van der Waals surface area contributed by atoms with Crippen LogP contribution in [0.3, 0.4) is 0 Å². The minimum atomic E-state index is -0.450. The first kappa shape index (κ1) is 26.4. The second-order valence-corrected chi connectivity index (χ2v) is 8.28. The monoisotopic (exact) mass is 519 g/mol. The Labute approximate surface area is 221 Å². The highest BCUT2D eigenvalue weighted by Gasteiger charge is 2.40. The molecule has 38 heavy (non-hydrogen) atoms. The minimum Gasteiger partial charge on any atom is -0.497 e. The van der Waals surface area contributed by atoms with Crippen molar-refractivity contribution in [2.45, 2.75) is 6.54 Å². The first-order chi connectivity index (χ1) is 18.4. The molecule has 2 amide bonds. The molecule has 0 atom stereocenters. The lowest BCUT2D eigenvalue weighted by Gasteiger charge is -2.18. The van der Waals surface area contributed by atoms with Crippen LogP contribution in [0.25, 0.3) is 11.1 Å². The zero-order valence-electron chi connectivity index (χ0n) is 22.1. The number of carbonyl (C=O) groups is 2. The molecule has 0 aliphatic carbocycles. The standard InChI is InChI=1S/C29H29NO8/c1-33-20-9-7-8-18(14-20)25-26(19-10-11-21(34-2)22(15-19)35-3)29(32)30(28(25)31)16-17-12-23(36-4)27(38-6)24(13-17)37-5/h7-15H,16H2,1-6H3. The lowest BCUT2D eigenvalue weighted by molar-refractivity contribution is -0.136. The molecule has 0 unspecified atom stereocenters. The Morgan fingerprint density at radius 2 is 1.16 bits per heavy atom. The second kappa shape index (κ2) is 11.2. The van der Waals surface area contributed by atoms with Crippen molar-refractivity contribution in [1.29, 1.82) is 0 Å². The summed E-state index contributed by atoms with van der Waals surface area (Å²) in [7, 11) is 9.10. The third-order valence-corrected chi connectivity index (χ3v) is 6.26. The van der Waals surface area contributed by atoms with E-state index >= 15 is 0 Å². The number of ether oxygens (including phenoxy) is 6. The molecule has 198 valence electrons. The Morgan fingerprint density at radius 1 is 0.579 bits per heavy atom. The molecule has 4 rings (SSSR count). The lowest BCUT2D eigenvalue weighted by Crippen LogP contribution is -2.31. The molecule has 3 aromatic rings. The number of imide groups is 1. The maximum absolute atomic E-state index is 13.9. The fourth-order valence-electron chi connectivity index (χ4n) is 4.43. The maximum Gasteiger partial charge on any atom is 0.262 e. The summed E-state index contributed by atoms with van der Waals surface area (Å²) >= 11 is 0. The quantitative estimate of drug-likeness (QED) is 0.368. The Kier molecular flexibility index (Phi) is 7.76. The van der Waals surface area contributed by atoms with Gasteiger partial charge in [-0.25, -0.2) is 0 Å². The van der Waals surface area contributed by atoms with Crippen molar-refractivity contribution in [1.82, 2.24) is 4.90 Å². The average Bonchev–Trinajstić information content (AvgIpc) is 3.20. The van der Waals surface area contributed by atoms with E-state index in [0.29, 0.717) is 51.2 Å². The number of carbonyl (C=O) groups excluding carboxylic acids is 2.